The molecule has 3 rings (SSSR count). The minimum absolute atomic E-state index is 0.0156. The number of benzene rings is 1. The number of hydrogen-bond donors (Lipinski definition) is 6. The van der Waals surface area contributed by atoms with Gasteiger partial charge in [-0.15, -0.1) is 11.3 Å². The van der Waals surface area contributed by atoms with Crippen LogP contribution in [0.5, 0.6) is 0 Å². The summed E-state index contributed by atoms with van der Waals surface area (Å²) in [4.78, 5) is 75.6. The molecule has 0 saturated carbocycles. The summed E-state index contributed by atoms with van der Waals surface area (Å²) in [6, 6.07) is 5.14. The van der Waals surface area contributed by atoms with Gasteiger partial charge in [-0.25, -0.2) is 4.98 Å². The fourth-order valence-electron chi connectivity index (χ4n) is 8.26. The molecule has 1 aliphatic heterocycles. The van der Waals surface area contributed by atoms with Crippen LogP contribution in [0.15, 0.2) is 29.6 Å². The van der Waals surface area contributed by atoms with Crippen molar-refractivity contribution in [2.24, 2.45) is 23.0 Å². The van der Waals surface area contributed by atoms with Gasteiger partial charge in [-0.05, 0) is 89.0 Å². The van der Waals surface area contributed by atoms with E-state index < -0.39 is 41.5 Å². The first kappa shape index (κ1) is 53.4. The van der Waals surface area contributed by atoms with Crippen LogP contribution < -0.4 is 21.7 Å². The molecule has 6 atom stereocenters. The molecule has 1 aromatic heterocycles. The summed E-state index contributed by atoms with van der Waals surface area (Å²) < 4.78 is 6.36. The topological polar surface area (TPSA) is 217 Å². The lowest BCUT2D eigenvalue weighted by molar-refractivity contribution is -0.147. The third-order valence-electron chi connectivity index (χ3n) is 12.2. The molecule has 2 aromatic rings. The number of carboxylic acids is 1. The van der Waals surface area contributed by atoms with Crippen LogP contribution in [0.2, 0.25) is 0 Å². The van der Waals surface area contributed by atoms with E-state index in [1.165, 1.54) is 11.3 Å². The lowest BCUT2D eigenvalue weighted by Crippen LogP contribution is -2.59. The van der Waals surface area contributed by atoms with Crippen LogP contribution in [0.4, 0.5) is 5.69 Å². The maximum Gasteiger partial charge on any atom is 0.309 e. The molecule has 354 valence electrons. The minimum atomic E-state index is -1.14. The molecule has 7 N–H and O–H groups in total. The van der Waals surface area contributed by atoms with Gasteiger partial charge in [0.25, 0.3) is 5.91 Å². The lowest BCUT2D eigenvalue weighted by Gasteiger charge is -2.40. The number of carbonyl (C=O) groups is 5. The van der Waals surface area contributed by atoms with E-state index in [0.717, 1.165) is 50.6 Å². The third-order valence-corrected chi connectivity index (χ3v) is 13.2. The highest BCUT2D eigenvalue weighted by molar-refractivity contribution is 7.09. The number of nitrogens with two attached hydrogens (primary N) is 1. The number of unbranched alkanes of at least 4 members (excludes halogenated alkanes) is 3. The SMILES string of the molecule is CCCCCCN(C(=O)C(NC(=O)[C@H]1CCCCN1CCO)C(C)CC)C(CC(OCC)c1nc(C(=O)NC(Cc2ccc(NC(=O)CN)cc2)CC(C)(C)C(=O)O)cs1)C(C)C. The third kappa shape index (κ3) is 16.5. The maximum atomic E-state index is 15.0. The Morgan fingerprint density at radius 2 is 1.75 bits per heavy atom. The number of thiazole rings is 1. The fraction of sp³-hybridized carbons (Fsp3) is 0.702. The second-order valence-corrected chi connectivity index (χ2v) is 18.9. The maximum absolute atomic E-state index is 15.0. The Morgan fingerprint density at radius 3 is 2.35 bits per heavy atom. The first-order valence-corrected chi connectivity index (χ1v) is 24.0. The molecule has 1 aromatic carbocycles. The van der Waals surface area contributed by atoms with Crippen LogP contribution in [-0.2, 0) is 30.3 Å². The number of carboxylic acid groups (broad SMARTS) is 1. The summed E-state index contributed by atoms with van der Waals surface area (Å²) in [7, 11) is 0. The summed E-state index contributed by atoms with van der Waals surface area (Å²) in [5, 5.41) is 30.9. The highest BCUT2D eigenvalue weighted by atomic mass is 32.1. The van der Waals surface area contributed by atoms with Crippen molar-refractivity contribution in [3.05, 3.63) is 45.9 Å². The number of aliphatic hydroxyl groups is 1. The van der Waals surface area contributed by atoms with Crippen molar-refractivity contribution in [3.63, 3.8) is 0 Å². The number of aliphatic carboxylic acids is 1. The molecular weight excluding hydrogens is 823 g/mol. The zero-order valence-electron chi connectivity index (χ0n) is 39.1. The van der Waals surface area contributed by atoms with Crippen molar-refractivity contribution in [2.75, 3.05) is 44.7 Å². The van der Waals surface area contributed by atoms with Gasteiger partial charge in [0.05, 0.1) is 24.6 Å². The molecule has 15 nitrogen and oxygen atoms in total. The molecular formula is C47H77N7O8S. The zero-order valence-corrected chi connectivity index (χ0v) is 39.9. The lowest BCUT2D eigenvalue weighted by atomic mass is 9.84. The van der Waals surface area contributed by atoms with Gasteiger partial charge in [-0.2, -0.15) is 0 Å². The highest BCUT2D eigenvalue weighted by Gasteiger charge is 2.39. The van der Waals surface area contributed by atoms with E-state index in [9.17, 15) is 34.2 Å². The predicted octanol–water partition coefficient (Wildman–Crippen LogP) is 6.16. The van der Waals surface area contributed by atoms with Crippen LogP contribution in [0.3, 0.4) is 0 Å². The molecule has 5 unspecified atom stereocenters. The van der Waals surface area contributed by atoms with Crippen LogP contribution >= 0.6 is 11.3 Å². The fourth-order valence-corrected chi connectivity index (χ4v) is 9.12. The molecule has 4 amide bonds. The molecule has 1 aliphatic rings. The number of amides is 4. The van der Waals surface area contributed by atoms with E-state index in [4.69, 9.17) is 15.5 Å². The standard InChI is InChI=1S/C47H77N7O8S/c1-9-12-13-15-23-54(45(59)41(32(6)10-2)52-43(58)37-17-14-16-22-53(37)24-25-55)38(31(4)5)27-39(62-11-3)44-51-36(30-63-44)42(57)50-35(28-47(7,8)46(60)61)26-33-18-20-34(21-19-33)49-40(56)29-48/h18-21,30-32,35,37-39,41,55H,9-17,22-29,48H2,1-8H3,(H,49,56)(H,50,57)(H,52,58)(H,60,61)/t32?,35?,37-,38?,39?,41?/m1/s1. The molecule has 16 heteroatoms. The Kier molecular flexibility index (Phi) is 22.7. The summed E-state index contributed by atoms with van der Waals surface area (Å²) in [6.45, 7) is 17.4. The van der Waals surface area contributed by atoms with E-state index >= 15 is 0 Å². The number of aliphatic hydroxyl groups excluding tert-OH is 1. The quantitative estimate of drug-likeness (QED) is 0.0532. The van der Waals surface area contributed by atoms with E-state index in [1.54, 1.807) is 31.4 Å². The molecule has 0 aliphatic carbocycles. The van der Waals surface area contributed by atoms with Crippen molar-refractivity contribution < 1.29 is 38.9 Å². The molecule has 1 saturated heterocycles. The Balaban J connectivity index is 1.91. The molecule has 0 spiro atoms. The number of ether oxygens (including phenoxy) is 1. The van der Waals surface area contributed by atoms with Gasteiger partial charge >= 0.3 is 5.97 Å². The number of nitrogens with zero attached hydrogens (tertiary/aromatic N) is 3. The van der Waals surface area contributed by atoms with Crippen molar-refractivity contribution in [1.82, 2.24) is 25.4 Å². The van der Waals surface area contributed by atoms with Gasteiger partial charge in [-0.1, -0.05) is 78.9 Å². The Labute approximate surface area is 379 Å². The van der Waals surface area contributed by atoms with Gasteiger partial charge < -0.3 is 41.5 Å². The van der Waals surface area contributed by atoms with Gasteiger partial charge in [0.2, 0.25) is 17.7 Å². The number of anilines is 1. The molecule has 63 heavy (non-hydrogen) atoms. The number of piperidine rings is 1. The second kappa shape index (κ2) is 26.7. The minimum Gasteiger partial charge on any atom is -0.481 e. The summed E-state index contributed by atoms with van der Waals surface area (Å²) in [6.07, 6.45) is 7.49. The smallest absolute Gasteiger partial charge is 0.309 e. The van der Waals surface area contributed by atoms with Gasteiger partial charge in [-0.3, -0.25) is 28.9 Å². The van der Waals surface area contributed by atoms with E-state index in [0.29, 0.717) is 56.1 Å². The summed E-state index contributed by atoms with van der Waals surface area (Å²) >= 11 is 1.31. The van der Waals surface area contributed by atoms with E-state index in [1.807, 2.05) is 42.7 Å². The first-order valence-electron chi connectivity index (χ1n) is 23.2. The number of aromatic nitrogens is 1. The van der Waals surface area contributed by atoms with Crippen LogP contribution in [0.25, 0.3) is 0 Å². The summed E-state index contributed by atoms with van der Waals surface area (Å²) in [5.74, 6) is -2.15. The molecule has 0 bridgehead atoms. The Morgan fingerprint density at radius 1 is 1.03 bits per heavy atom. The number of hydrogen-bond acceptors (Lipinski definition) is 11. The number of likely N-dealkylation sites (tertiary alicyclic amines) is 1. The van der Waals surface area contributed by atoms with Gasteiger partial charge in [0.15, 0.2) is 0 Å². The van der Waals surface area contributed by atoms with Crippen molar-refractivity contribution >= 4 is 46.6 Å². The largest absolute Gasteiger partial charge is 0.481 e. The van der Waals surface area contributed by atoms with E-state index in [2.05, 4.69) is 36.7 Å². The molecule has 1 fully saturated rings. The van der Waals surface area contributed by atoms with Crippen LogP contribution in [-0.4, -0.2) is 118 Å². The van der Waals surface area contributed by atoms with Crippen molar-refractivity contribution in [3.8, 4) is 0 Å². The van der Waals surface area contributed by atoms with Crippen LogP contribution in [0.1, 0.15) is 147 Å². The van der Waals surface area contributed by atoms with Crippen molar-refractivity contribution in [2.45, 2.75) is 156 Å². The van der Waals surface area contributed by atoms with E-state index in [-0.39, 0.29) is 60.9 Å². The van der Waals surface area contributed by atoms with Gasteiger partial charge in [0.1, 0.15) is 22.8 Å². The van der Waals surface area contributed by atoms with Gasteiger partial charge in [0, 0.05) is 49.3 Å². The molecule has 2 heterocycles. The molecule has 0 radical (unpaired) electrons. The second-order valence-electron chi connectivity index (χ2n) is 18.0. The number of carbonyl (C=O) groups excluding carboxylic acids is 4. The predicted molar refractivity (Wildman–Crippen MR) is 248 cm³/mol. The average Bonchev–Trinajstić information content (AvgIpc) is 3.75. The number of nitrogens with one attached hydrogen (secondary N) is 3. The first-order chi connectivity index (χ1) is 30.0. The highest BCUT2D eigenvalue weighted by Crippen LogP contribution is 2.32. The Bertz CT molecular complexity index is 1740. The summed E-state index contributed by atoms with van der Waals surface area (Å²) in [5.41, 5.74) is 5.89. The van der Waals surface area contributed by atoms with Crippen LogP contribution in [0, 0.1) is 17.3 Å². The monoisotopic (exact) mass is 900 g/mol. The normalized spacial score (nSPS) is 17.0. The van der Waals surface area contributed by atoms with Crippen molar-refractivity contribution in [1.29, 1.82) is 0 Å². The number of rotatable bonds is 28. The average molecular weight is 900 g/mol. The Hall–Kier alpha value is -3.96. The zero-order chi connectivity index (χ0) is 46.7. The number of β-amino-alcohol motifs (C(OH)–C–C–N with tert-alkyl or cyclic N) is 1.